The molecule has 1 atom stereocenters. The predicted octanol–water partition coefficient (Wildman–Crippen LogP) is 2.15. The van der Waals surface area contributed by atoms with Crippen molar-refractivity contribution in [2.75, 3.05) is 5.75 Å². The molecule has 0 spiro atoms. The van der Waals surface area contributed by atoms with E-state index in [1.54, 1.807) is 0 Å². The zero-order chi connectivity index (χ0) is 6.97. The summed E-state index contributed by atoms with van der Waals surface area (Å²) < 4.78 is 1.47. The Balaban J connectivity index is 0.000000605. The maximum Gasteiger partial charge on any atom is 0.0631 e. The lowest BCUT2D eigenvalue weighted by Gasteiger charge is -2.16. The van der Waals surface area contributed by atoms with Gasteiger partial charge in [0.15, 0.2) is 0 Å². The highest BCUT2D eigenvalue weighted by Crippen LogP contribution is 2.33. The van der Waals surface area contributed by atoms with E-state index in [0.717, 1.165) is 12.2 Å². The van der Waals surface area contributed by atoms with Crippen LogP contribution < -0.4 is 5.73 Å². The van der Waals surface area contributed by atoms with Crippen molar-refractivity contribution in [3.05, 3.63) is 17.0 Å². The molecule has 62 valence electrons. The van der Waals surface area contributed by atoms with Gasteiger partial charge in [-0.15, -0.1) is 35.5 Å². The van der Waals surface area contributed by atoms with Gasteiger partial charge in [-0.1, -0.05) is 0 Å². The van der Waals surface area contributed by atoms with Crippen LogP contribution in [0.3, 0.4) is 0 Å². The minimum atomic E-state index is 0. The van der Waals surface area contributed by atoms with Crippen molar-refractivity contribution in [2.45, 2.75) is 16.7 Å². The number of rotatable bonds is 0. The molecule has 0 radical (unpaired) electrons. The second kappa shape index (κ2) is 3.81. The Morgan fingerprint density at radius 2 is 2.36 bits per heavy atom. The topological polar surface area (TPSA) is 26.0 Å². The molecule has 1 aliphatic heterocycles. The van der Waals surface area contributed by atoms with Crippen LogP contribution in [0.1, 0.15) is 5.56 Å². The van der Waals surface area contributed by atoms with Gasteiger partial charge in [-0.25, -0.2) is 0 Å². The summed E-state index contributed by atoms with van der Waals surface area (Å²) in [4.78, 5) is 0. The molecule has 1 aromatic heterocycles. The maximum absolute atomic E-state index is 5.79. The van der Waals surface area contributed by atoms with Crippen molar-refractivity contribution in [3.63, 3.8) is 0 Å². The van der Waals surface area contributed by atoms with Crippen LogP contribution in [0.5, 0.6) is 0 Å². The molecule has 0 saturated heterocycles. The Kier molecular flexibility index (Phi) is 3.25. The number of hydrogen-bond donors (Lipinski definition) is 1. The molecular weight excluding hydrogens is 198 g/mol. The summed E-state index contributed by atoms with van der Waals surface area (Å²) in [6.45, 7) is 0. The van der Waals surface area contributed by atoms with Gasteiger partial charge in [-0.2, -0.15) is 0 Å². The third kappa shape index (κ3) is 1.90. The SMILES string of the molecule is Cl.NC1CSc2sccc2C1. The van der Waals surface area contributed by atoms with Gasteiger partial charge in [0.2, 0.25) is 0 Å². The number of nitrogens with two attached hydrogens (primary N) is 1. The van der Waals surface area contributed by atoms with Crippen LogP contribution >= 0.6 is 35.5 Å². The van der Waals surface area contributed by atoms with Crippen molar-refractivity contribution >= 4 is 35.5 Å². The Morgan fingerprint density at radius 3 is 3.18 bits per heavy atom. The smallest absolute Gasteiger partial charge is 0.0631 e. The number of thiophene rings is 1. The van der Waals surface area contributed by atoms with Crippen molar-refractivity contribution in [1.29, 1.82) is 0 Å². The summed E-state index contributed by atoms with van der Waals surface area (Å²) in [7, 11) is 0. The molecule has 2 N–H and O–H groups in total. The van der Waals surface area contributed by atoms with E-state index < -0.39 is 0 Å². The summed E-state index contributed by atoms with van der Waals surface area (Å²) in [5.41, 5.74) is 7.25. The first kappa shape index (κ1) is 9.39. The lowest BCUT2D eigenvalue weighted by Crippen LogP contribution is -2.27. The number of fused-ring (bicyclic) bond motifs is 1. The zero-order valence-electron chi connectivity index (χ0n) is 5.95. The van der Waals surface area contributed by atoms with Crippen molar-refractivity contribution in [1.82, 2.24) is 0 Å². The van der Waals surface area contributed by atoms with Crippen molar-refractivity contribution < 1.29 is 0 Å². The van der Waals surface area contributed by atoms with Crippen molar-refractivity contribution in [2.24, 2.45) is 5.73 Å². The van der Waals surface area contributed by atoms with Gasteiger partial charge in [-0.3, -0.25) is 0 Å². The van der Waals surface area contributed by atoms with E-state index in [0.29, 0.717) is 6.04 Å². The highest BCUT2D eigenvalue weighted by atomic mass is 35.5. The molecule has 1 nitrogen and oxygen atoms in total. The van der Waals surface area contributed by atoms with Gasteiger partial charge < -0.3 is 5.73 Å². The molecule has 0 bridgehead atoms. The molecular formula is C7H10ClNS2. The number of halogens is 1. The van der Waals surface area contributed by atoms with E-state index in [-0.39, 0.29) is 12.4 Å². The lowest BCUT2D eigenvalue weighted by atomic mass is 10.1. The second-order valence-electron chi connectivity index (χ2n) is 2.51. The molecule has 4 heteroatoms. The Hall–Kier alpha value is 0.300. The molecule has 11 heavy (non-hydrogen) atoms. The molecule has 0 fully saturated rings. The normalized spacial score (nSPS) is 22.1. The van der Waals surface area contributed by atoms with Crippen LogP contribution in [-0.4, -0.2) is 11.8 Å². The first-order chi connectivity index (χ1) is 4.86. The van der Waals surface area contributed by atoms with Crippen LogP contribution in [0.25, 0.3) is 0 Å². The average Bonchev–Trinajstić information content (AvgIpc) is 2.33. The van der Waals surface area contributed by atoms with E-state index >= 15 is 0 Å². The van der Waals surface area contributed by atoms with E-state index in [2.05, 4.69) is 11.4 Å². The van der Waals surface area contributed by atoms with Gasteiger partial charge in [0.05, 0.1) is 4.21 Å². The summed E-state index contributed by atoms with van der Waals surface area (Å²) in [5.74, 6) is 1.09. The molecule has 1 aromatic rings. The van der Waals surface area contributed by atoms with Crippen LogP contribution in [-0.2, 0) is 6.42 Å². The molecule has 2 rings (SSSR count). The van der Waals surface area contributed by atoms with Gasteiger partial charge >= 0.3 is 0 Å². The second-order valence-corrected chi connectivity index (χ2v) is 4.71. The predicted molar refractivity (Wildman–Crippen MR) is 54.0 cm³/mol. The van der Waals surface area contributed by atoms with Gasteiger partial charge in [-0.05, 0) is 23.4 Å². The Morgan fingerprint density at radius 1 is 1.55 bits per heavy atom. The lowest BCUT2D eigenvalue weighted by molar-refractivity contribution is 0.733. The summed E-state index contributed by atoms with van der Waals surface area (Å²) >= 11 is 3.73. The van der Waals surface area contributed by atoms with Gasteiger partial charge in [0.25, 0.3) is 0 Å². The minimum Gasteiger partial charge on any atom is -0.327 e. The largest absolute Gasteiger partial charge is 0.327 e. The number of hydrogen-bond acceptors (Lipinski definition) is 3. The van der Waals surface area contributed by atoms with E-state index in [9.17, 15) is 0 Å². The van der Waals surface area contributed by atoms with E-state index in [1.807, 2.05) is 23.1 Å². The minimum absolute atomic E-state index is 0. The zero-order valence-corrected chi connectivity index (χ0v) is 8.40. The van der Waals surface area contributed by atoms with Crippen molar-refractivity contribution in [3.8, 4) is 0 Å². The Labute approximate surface area is 80.8 Å². The fourth-order valence-corrected chi connectivity index (χ4v) is 3.25. The molecule has 0 aromatic carbocycles. The molecule has 0 aliphatic carbocycles. The fraction of sp³-hybridized carbons (Fsp3) is 0.429. The quantitative estimate of drug-likeness (QED) is 0.706. The third-order valence-corrected chi connectivity index (χ3v) is 4.13. The molecule has 1 aliphatic rings. The van der Waals surface area contributed by atoms with Crippen LogP contribution in [0, 0.1) is 0 Å². The molecule has 0 amide bonds. The first-order valence-electron chi connectivity index (χ1n) is 3.31. The average molecular weight is 208 g/mol. The highest BCUT2D eigenvalue weighted by molar-refractivity contribution is 8.01. The third-order valence-electron chi connectivity index (χ3n) is 1.62. The van der Waals surface area contributed by atoms with Crippen LogP contribution in [0.15, 0.2) is 15.7 Å². The molecule has 2 heterocycles. The highest BCUT2D eigenvalue weighted by Gasteiger charge is 2.15. The van der Waals surface area contributed by atoms with Gasteiger partial charge in [0.1, 0.15) is 0 Å². The molecule has 0 saturated carbocycles. The summed E-state index contributed by atoms with van der Waals surface area (Å²) in [6, 6.07) is 2.57. The number of thioether (sulfide) groups is 1. The standard InChI is InChI=1S/C7H9NS2.ClH/c8-6-3-5-1-2-9-7(5)10-4-6;/h1-2,6H,3-4,8H2;1H. The first-order valence-corrected chi connectivity index (χ1v) is 5.17. The van der Waals surface area contributed by atoms with Gasteiger partial charge in [0, 0.05) is 11.8 Å². The summed E-state index contributed by atoms with van der Waals surface area (Å²) in [6.07, 6.45) is 1.08. The van der Waals surface area contributed by atoms with Crippen LogP contribution in [0.4, 0.5) is 0 Å². The maximum atomic E-state index is 5.79. The monoisotopic (exact) mass is 207 g/mol. The Bertz CT molecular complexity index is 236. The summed E-state index contributed by atoms with van der Waals surface area (Å²) in [5, 5.41) is 2.15. The van der Waals surface area contributed by atoms with E-state index in [1.165, 1.54) is 9.77 Å². The fourth-order valence-electron chi connectivity index (χ4n) is 1.12. The van der Waals surface area contributed by atoms with E-state index in [4.69, 9.17) is 5.73 Å². The molecule has 1 unspecified atom stereocenters. The van der Waals surface area contributed by atoms with Crippen LogP contribution in [0.2, 0.25) is 0 Å².